The first-order valence-corrected chi connectivity index (χ1v) is 8.25. The molecular formula is C16H24N4O3. The molecule has 1 aromatic heterocycles. The summed E-state index contributed by atoms with van der Waals surface area (Å²) >= 11 is 0. The number of piperidine rings is 1. The van der Waals surface area contributed by atoms with Crippen molar-refractivity contribution < 1.29 is 14.3 Å². The van der Waals surface area contributed by atoms with Gasteiger partial charge in [-0.25, -0.2) is 9.97 Å². The van der Waals surface area contributed by atoms with Gasteiger partial charge in [-0.2, -0.15) is 0 Å². The molecule has 2 saturated heterocycles. The van der Waals surface area contributed by atoms with Gasteiger partial charge in [0.15, 0.2) is 5.75 Å². The van der Waals surface area contributed by atoms with E-state index in [1.165, 1.54) is 6.42 Å². The van der Waals surface area contributed by atoms with Gasteiger partial charge in [0.05, 0.1) is 32.7 Å². The summed E-state index contributed by atoms with van der Waals surface area (Å²) in [6.07, 6.45) is 6.34. The molecule has 7 heteroatoms. The molecule has 0 saturated carbocycles. The second-order valence-electron chi connectivity index (χ2n) is 6.01. The van der Waals surface area contributed by atoms with Crippen LogP contribution in [0.5, 0.6) is 5.75 Å². The molecule has 0 aromatic carbocycles. The fourth-order valence-electron chi connectivity index (χ4n) is 3.20. The molecule has 7 nitrogen and oxygen atoms in total. The number of hydrogen-bond donors (Lipinski definition) is 0. The Morgan fingerprint density at radius 3 is 2.70 bits per heavy atom. The predicted octanol–water partition coefficient (Wildman–Crippen LogP) is 0.812. The Morgan fingerprint density at radius 2 is 2.00 bits per heavy atom. The minimum absolute atomic E-state index is 0.0781. The lowest BCUT2D eigenvalue weighted by molar-refractivity contribution is 0.0163. The molecule has 1 unspecified atom stereocenters. The summed E-state index contributed by atoms with van der Waals surface area (Å²) < 4.78 is 10.4. The quantitative estimate of drug-likeness (QED) is 0.818. The van der Waals surface area contributed by atoms with Gasteiger partial charge in [0.1, 0.15) is 0 Å². The SMILES string of the molecule is COc1cnc(C(=O)N2CCCCC2CN2CCOCC2)nc1. The third-order valence-corrected chi connectivity index (χ3v) is 4.52. The van der Waals surface area contributed by atoms with Crippen LogP contribution in [0.1, 0.15) is 29.9 Å². The normalized spacial score (nSPS) is 22.8. The van der Waals surface area contributed by atoms with Gasteiger partial charge in [0.2, 0.25) is 5.82 Å². The van der Waals surface area contributed by atoms with E-state index in [2.05, 4.69) is 14.9 Å². The van der Waals surface area contributed by atoms with Crippen molar-refractivity contribution in [1.82, 2.24) is 19.8 Å². The van der Waals surface area contributed by atoms with E-state index < -0.39 is 0 Å². The Kier molecular flexibility index (Phi) is 5.40. The Hall–Kier alpha value is -1.73. The summed E-state index contributed by atoms with van der Waals surface area (Å²) in [5, 5.41) is 0. The highest BCUT2D eigenvalue weighted by Gasteiger charge is 2.30. The fraction of sp³-hybridized carbons (Fsp3) is 0.688. The molecule has 0 radical (unpaired) electrons. The smallest absolute Gasteiger partial charge is 0.291 e. The standard InChI is InChI=1S/C16H24N4O3/c1-22-14-10-17-15(18-11-14)16(21)20-5-3-2-4-13(20)12-19-6-8-23-9-7-19/h10-11,13H,2-9,12H2,1H3. The maximum atomic E-state index is 12.8. The molecule has 1 aromatic rings. The number of likely N-dealkylation sites (tertiary alicyclic amines) is 1. The number of ether oxygens (including phenoxy) is 2. The molecule has 2 fully saturated rings. The Balaban J connectivity index is 1.67. The van der Waals surface area contributed by atoms with Crippen LogP contribution in [0.15, 0.2) is 12.4 Å². The number of carbonyl (C=O) groups excluding carboxylic acids is 1. The van der Waals surface area contributed by atoms with Gasteiger partial charge >= 0.3 is 0 Å². The number of amides is 1. The van der Waals surface area contributed by atoms with E-state index in [1.807, 2.05) is 4.90 Å². The molecule has 126 valence electrons. The van der Waals surface area contributed by atoms with Crippen LogP contribution in [0.25, 0.3) is 0 Å². The average molecular weight is 320 g/mol. The van der Waals surface area contributed by atoms with Gasteiger partial charge in [0.25, 0.3) is 5.91 Å². The third kappa shape index (κ3) is 3.97. The molecule has 1 atom stereocenters. The first-order valence-electron chi connectivity index (χ1n) is 8.25. The molecule has 0 N–H and O–H groups in total. The van der Waals surface area contributed by atoms with E-state index in [9.17, 15) is 4.79 Å². The molecule has 3 heterocycles. The van der Waals surface area contributed by atoms with Gasteiger partial charge in [-0.15, -0.1) is 0 Å². The summed E-state index contributed by atoms with van der Waals surface area (Å²) in [6, 6.07) is 0.236. The number of carbonyl (C=O) groups is 1. The largest absolute Gasteiger partial charge is 0.494 e. The van der Waals surface area contributed by atoms with Crippen molar-refractivity contribution >= 4 is 5.91 Å². The van der Waals surface area contributed by atoms with Crippen molar-refractivity contribution in [2.24, 2.45) is 0 Å². The molecule has 0 spiro atoms. The lowest BCUT2D eigenvalue weighted by Gasteiger charge is -2.39. The van der Waals surface area contributed by atoms with E-state index in [1.54, 1.807) is 19.5 Å². The van der Waals surface area contributed by atoms with Crippen molar-refractivity contribution in [2.75, 3.05) is 46.5 Å². The van der Waals surface area contributed by atoms with Gasteiger partial charge in [-0.05, 0) is 19.3 Å². The molecule has 0 bridgehead atoms. The highest BCUT2D eigenvalue weighted by Crippen LogP contribution is 2.20. The number of rotatable bonds is 4. The van der Waals surface area contributed by atoms with Gasteiger partial charge < -0.3 is 14.4 Å². The topological polar surface area (TPSA) is 67.8 Å². The van der Waals surface area contributed by atoms with Crippen LogP contribution in [-0.4, -0.2) is 78.2 Å². The maximum Gasteiger partial charge on any atom is 0.291 e. The molecular weight excluding hydrogens is 296 g/mol. The zero-order valence-electron chi connectivity index (χ0n) is 13.6. The zero-order chi connectivity index (χ0) is 16.1. The van der Waals surface area contributed by atoms with E-state index in [-0.39, 0.29) is 17.8 Å². The molecule has 2 aliphatic rings. The average Bonchev–Trinajstić information content (AvgIpc) is 2.62. The van der Waals surface area contributed by atoms with Crippen molar-refractivity contribution in [3.63, 3.8) is 0 Å². The van der Waals surface area contributed by atoms with Crippen LogP contribution in [0, 0.1) is 0 Å². The Morgan fingerprint density at radius 1 is 1.26 bits per heavy atom. The van der Waals surface area contributed by atoms with Crippen molar-refractivity contribution in [3.05, 3.63) is 18.2 Å². The molecule has 0 aliphatic carbocycles. The Bertz CT molecular complexity index is 517. The zero-order valence-corrected chi connectivity index (χ0v) is 13.6. The van der Waals surface area contributed by atoms with Gasteiger partial charge in [-0.1, -0.05) is 0 Å². The number of nitrogens with zero attached hydrogens (tertiary/aromatic N) is 4. The minimum atomic E-state index is -0.0781. The molecule has 3 rings (SSSR count). The van der Waals surface area contributed by atoms with Gasteiger partial charge in [0, 0.05) is 32.2 Å². The second-order valence-corrected chi connectivity index (χ2v) is 6.01. The summed E-state index contributed by atoms with van der Waals surface area (Å²) in [7, 11) is 1.56. The van der Waals surface area contributed by atoms with Crippen LogP contribution in [0.2, 0.25) is 0 Å². The van der Waals surface area contributed by atoms with Crippen LogP contribution >= 0.6 is 0 Å². The van der Waals surface area contributed by atoms with E-state index in [0.29, 0.717) is 5.75 Å². The van der Waals surface area contributed by atoms with Crippen molar-refractivity contribution in [2.45, 2.75) is 25.3 Å². The van der Waals surface area contributed by atoms with Crippen LogP contribution in [0.3, 0.4) is 0 Å². The number of methoxy groups -OCH3 is 1. The Labute approximate surface area is 136 Å². The lowest BCUT2D eigenvalue weighted by Crippen LogP contribution is -2.51. The van der Waals surface area contributed by atoms with Crippen molar-refractivity contribution in [3.8, 4) is 5.75 Å². The first kappa shape index (κ1) is 16.1. The van der Waals surface area contributed by atoms with E-state index in [4.69, 9.17) is 9.47 Å². The number of hydrogen-bond acceptors (Lipinski definition) is 6. The predicted molar refractivity (Wildman–Crippen MR) is 84.5 cm³/mol. The molecule has 2 aliphatic heterocycles. The van der Waals surface area contributed by atoms with Crippen LogP contribution in [0.4, 0.5) is 0 Å². The third-order valence-electron chi connectivity index (χ3n) is 4.52. The second kappa shape index (κ2) is 7.70. The summed E-state index contributed by atoms with van der Waals surface area (Å²) in [5.74, 6) is 0.732. The highest BCUT2D eigenvalue weighted by molar-refractivity contribution is 5.90. The summed E-state index contributed by atoms with van der Waals surface area (Å²) in [4.78, 5) is 25.4. The maximum absolute atomic E-state index is 12.8. The van der Waals surface area contributed by atoms with Gasteiger partial charge in [-0.3, -0.25) is 9.69 Å². The van der Waals surface area contributed by atoms with Crippen LogP contribution < -0.4 is 4.74 Å². The summed E-state index contributed by atoms with van der Waals surface area (Å²) in [6.45, 7) is 5.13. The molecule has 23 heavy (non-hydrogen) atoms. The number of aromatic nitrogens is 2. The monoisotopic (exact) mass is 320 g/mol. The van der Waals surface area contributed by atoms with E-state index in [0.717, 1.165) is 52.2 Å². The lowest BCUT2D eigenvalue weighted by atomic mass is 10.0. The van der Waals surface area contributed by atoms with Crippen molar-refractivity contribution in [1.29, 1.82) is 0 Å². The number of morpholine rings is 1. The highest BCUT2D eigenvalue weighted by atomic mass is 16.5. The molecule has 1 amide bonds. The van der Waals surface area contributed by atoms with Crippen LogP contribution in [-0.2, 0) is 4.74 Å². The minimum Gasteiger partial charge on any atom is -0.494 e. The summed E-state index contributed by atoms with van der Waals surface area (Å²) in [5.41, 5.74) is 0. The van der Waals surface area contributed by atoms with E-state index >= 15 is 0 Å². The fourth-order valence-corrected chi connectivity index (χ4v) is 3.20. The first-order chi connectivity index (χ1) is 11.3.